The maximum absolute atomic E-state index is 12.9. The lowest BCUT2D eigenvalue weighted by atomic mass is 9.95. The smallest absolute Gasteiger partial charge is 0.239 e. The Hall–Kier alpha value is -1.18. The Morgan fingerprint density at radius 3 is 2.66 bits per heavy atom. The Labute approximate surface area is 176 Å². The maximum atomic E-state index is 12.9. The van der Waals surface area contributed by atoms with Gasteiger partial charge in [0.2, 0.25) is 11.8 Å². The van der Waals surface area contributed by atoms with E-state index >= 15 is 0 Å². The first-order valence-corrected chi connectivity index (χ1v) is 11.2. The van der Waals surface area contributed by atoms with Crippen LogP contribution in [0.5, 0.6) is 0 Å². The predicted octanol–water partition coefficient (Wildman–Crippen LogP) is 1.32. The SMILES string of the molecule is COCC1CCCN1C(=O)CCC1CNC(=O)C2C(CCN2CC(C)(C)C)N1C. The molecule has 4 atom stereocenters. The molecule has 2 amide bonds. The molecular weight excluding hydrogens is 368 g/mol. The molecule has 0 aromatic carbocycles. The van der Waals surface area contributed by atoms with Gasteiger partial charge in [-0.05, 0) is 38.1 Å². The highest BCUT2D eigenvalue weighted by Gasteiger charge is 2.45. The Kier molecular flexibility index (Phi) is 7.23. The van der Waals surface area contributed by atoms with Crippen LogP contribution in [0, 0.1) is 5.41 Å². The summed E-state index contributed by atoms with van der Waals surface area (Å²) in [5, 5.41) is 3.17. The van der Waals surface area contributed by atoms with Crippen LogP contribution in [0.1, 0.15) is 52.9 Å². The Balaban J connectivity index is 1.59. The van der Waals surface area contributed by atoms with E-state index in [9.17, 15) is 9.59 Å². The Morgan fingerprint density at radius 1 is 1.21 bits per heavy atom. The Bertz CT molecular complexity index is 591. The lowest BCUT2D eigenvalue weighted by Crippen LogP contribution is -2.51. The van der Waals surface area contributed by atoms with Crippen LogP contribution in [-0.2, 0) is 14.3 Å². The number of likely N-dealkylation sites (tertiary alicyclic amines) is 2. The zero-order valence-corrected chi connectivity index (χ0v) is 18.9. The van der Waals surface area contributed by atoms with E-state index in [4.69, 9.17) is 4.74 Å². The fraction of sp³-hybridized carbons (Fsp3) is 0.909. The van der Waals surface area contributed by atoms with E-state index in [1.165, 1.54) is 0 Å². The summed E-state index contributed by atoms with van der Waals surface area (Å²) in [5.74, 6) is 0.378. The van der Waals surface area contributed by atoms with Crippen molar-refractivity contribution >= 4 is 11.8 Å². The van der Waals surface area contributed by atoms with Crippen molar-refractivity contribution in [2.24, 2.45) is 5.41 Å². The number of likely N-dealkylation sites (N-methyl/N-ethyl adjacent to an activating group) is 1. The summed E-state index contributed by atoms with van der Waals surface area (Å²) in [7, 11) is 3.84. The van der Waals surface area contributed by atoms with Crippen molar-refractivity contribution in [2.45, 2.75) is 77.0 Å². The summed E-state index contributed by atoms with van der Waals surface area (Å²) in [6.45, 7) is 10.7. The summed E-state index contributed by atoms with van der Waals surface area (Å²) in [6.07, 6.45) is 4.43. The van der Waals surface area contributed by atoms with Gasteiger partial charge in [-0.3, -0.25) is 19.4 Å². The number of carbonyl (C=O) groups excluding carboxylic acids is 2. The molecule has 3 aliphatic rings. The summed E-state index contributed by atoms with van der Waals surface area (Å²) in [5.41, 5.74) is 0.167. The first kappa shape index (κ1) is 22.5. The normalized spacial score (nSPS) is 31.6. The molecule has 3 saturated heterocycles. The van der Waals surface area contributed by atoms with Gasteiger partial charge in [0, 0.05) is 51.8 Å². The minimum atomic E-state index is -0.0791. The third-order valence-electron chi connectivity index (χ3n) is 6.77. The van der Waals surface area contributed by atoms with Gasteiger partial charge >= 0.3 is 0 Å². The molecule has 0 aromatic rings. The van der Waals surface area contributed by atoms with Crippen LogP contribution >= 0.6 is 0 Å². The van der Waals surface area contributed by atoms with Crippen molar-refractivity contribution in [3.63, 3.8) is 0 Å². The van der Waals surface area contributed by atoms with E-state index in [0.29, 0.717) is 19.6 Å². The van der Waals surface area contributed by atoms with Crippen LogP contribution in [-0.4, -0.2) is 97.6 Å². The van der Waals surface area contributed by atoms with Crippen LogP contribution in [0.25, 0.3) is 0 Å². The molecule has 0 aromatic heterocycles. The van der Waals surface area contributed by atoms with Crippen molar-refractivity contribution in [3.8, 4) is 0 Å². The number of amides is 2. The van der Waals surface area contributed by atoms with Gasteiger partial charge in [0.15, 0.2) is 0 Å². The standard InChI is InChI=1S/C22H40N4O3/c1-22(2,3)15-25-12-10-18-20(25)21(28)23-13-16(24(18)4)8-9-19(27)26-11-6-7-17(26)14-29-5/h16-18,20H,6-15H2,1-5H3,(H,23,28). The van der Waals surface area contributed by atoms with Crippen molar-refractivity contribution < 1.29 is 14.3 Å². The van der Waals surface area contributed by atoms with Gasteiger partial charge in [-0.1, -0.05) is 20.8 Å². The molecule has 4 unspecified atom stereocenters. The molecule has 166 valence electrons. The fourth-order valence-corrected chi connectivity index (χ4v) is 5.40. The molecule has 3 rings (SSSR count). The van der Waals surface area contributed by atoms with Crippen molar-refractivity contribution in [1.29, 1.82) is 0 Å². The van der Waals surface area contributed by atoms with Gasteiger partial charge in [-0.2, -0.15) is 0 Å². The lowest BCUT2D eigenvalue weighted by Gasteiger charge is -2.35. The van der Waals surface area contributed by atoms with Crippen molar-refractivity contribution in [1.82, 2.24) is 20.0 Å². The first-order chi connectivity index (χ1) is 13.7. The van der Waals surface area contributed by atoms with E-state index in [0.717, 1.165) is 45.3 Å². The summed E-state index contributed by atoms with van der Waals surface area (Å²) in [6, 6.07) is 0.581. The highest BCUT2D eigenvalue weighted by atomic mass is 16.5. The summed E-state index contributed by atoms with van der Waals surface area (Å²) < 4.78 is 5.28. The third-order valence-corrected chi connectivity index (χ3v) is 6.77. The molecule has 3 fully saturated rings. The molecule has 0 spiro atoms. The molecule has 0 saturated carbocycles. The number of fused-ring (bicyclic) bond motifs is 1. The number of nitrogens with zero attached hydrogens (tertiary/aromatic N) is 3. The van der Waals surface area contributed by atoms with Crippen molar-refractivity contribution in [3.05, 3.63) is 0 Å². The largest absolute Gasteiger partial charge is 0.383 e. The number of hydrogen-bond acceptors (Lipinski definition) is 5. The van der Waals surface area contributed by atoms with E-state index < -0.39 is 0 Å². The second kappa shape index (κ2) is 9.31. The molecule has 0 aliphatic carbocycles. The third kappa shape index (κ3) is 5.30. The molecule has 7 nitrogen and oxygen atoms in total. The molecule has 7 heteroatoms. The molecule has 3 heterocycles. The number of carbonyl (C=O) groups is 2. The van der Waals surface area contributed by atoms with Crippen molar-refractivity contribution in [2.75, 3.05) is 46.9 Å². The number of nitrogens with one attached hydrogen (secondary N) is 1. The van der Waals surface area contributed by atoms with E-state index in [1.807, 2.05) is 4.90 Å². The van der Waals surface area contributed by atoms with E-state index in [-0.39, 0.29) is 41.4 Å². The monoisotopic (exact) mass is 408 g/mol. The van der Waals surface area contributed by atoms with Gasteiger partial charge in [0.1, 0.15) is 6.04 Å². The number of ether oxygens (including phenoxy) is 1. The Morgan fingerprint density at radius 2 is 1.97 bits per heavy atom. The quantitative estimate of drug-likeness (QED) is 0.718. The predicted molar refractivity (Wildman–Crippen MR) is 114 cm³/mol. The number of methoxy groups -OCH3 is 1. The van der Waals surface area contributed by atoms with E-state index in [2.05, 4.69) is 42.9 Å². The van der Waals surface area contributed by atoms with Gasteiger partial charge < -0.3 is 15.0 Å². The zero-order valence-electron chi connectivity index (χ0n) is 18.9. The van der Waals surface area contributed by atoms with E-state index in [1.54, 1.807) is 7.11 Å². The van der Waals surface area contributed by atoms with Gasteiger partial charge in [-0.15, -0.1) is 0 Å². The first-order valence-electron chi connectivity index (χ1n) is 11.2. The second-order valence-corrected chi connectivity index (χ2v) is 10.3. The average molecular weight is 409 g/mol. The fourth-order valence-electron chi connectivity index (χ4n) is 5.40. The molecule has 0 radical (unpaired) electrons. The molecular formula is C22H40N4O3. The highest BCUT2D eigenvalue weighted by Crippen LogP contribution is 2.30. The second-order valence-electron chi connectivity index (χ2n) is 10.3. The maximum Gasteiger partial charge on any atom is 0.239 e. The minimum Gasteiger partial charge on any atom is -0.383 e. The van der Waals surface area contributed by atoms with Crippen LogP contribution in [0.4, 0.5) is 0 Å². The van der Waals surface area contributed by atoms with Gasteiger partial charge in [-0.25, -0.2) is 0 Å². The number of hydrogen-bond donors (Lipinski definition) is 1. The molecule has 3 aliphatic heterocycles. The average Bonchev–Trinajstić information content (AvgIpc) is 3.24. The molecule has 29 heavy (non-hydrogen) atoms. The van der Waals surface area contributed by atoms with Crippen LogP contribution in [0.2, 0.25) is 0 Å². The zero-order chi connectivity index (χ0) is 21.2. The topological polar surface area (TPSA) is 65.1 Å². The van der Waals surface area contributed by atoms with Gasteiger partial charge in [0.05, 0.1) is 12.6 Å². The molecule has 0 bridgehead atoms. The minimum absolute atomic E-state index is 0.0791. The van der Waals surface area contributed by atoms with Crippen LogP contribution in [0.15, 0.2) is 0 Å². The molecule has 1 N–H and O–H groups in total. The number of rotatable bonds is 6. The summed E-state index contributed by atoms with van der Waals surface area (Å²) >= 11 is 0. The van der Waals surface area contributed by atoms with Crippen LogP contribution in [0.3, 0.4) is 0 Å². The summed E-state index contributed by atoms with van der Waals surface area (Å²) in [4.78, 5) is 32.4. The van der Waals surface area contributed by atoms with Gasteiger partial charge in [0.25, 0.3) is 0 Å². The highest BCUT2D eigenvalue weighted by molar-refractivity contribution is 5.83. The lowest BCUT2D eigenvalue weighted by molar-refractivity contribution is -0.133. The van der Waals surface area contributed by atoms with Crippen LogP contribution < -0.4 is 5.32 Å².